The third kappa shape index (κ3) is 5.02. The molecule has 0 bridgehead atoms. The number of ether oxygens (including phenoxy) is 1. The third-order valence-electron chi connectivity index (χ3n) is 3.12. The standard InChI is InChI=1S/C12H25N3O2/c1-11(2)15(8-9-17-3)10-12(16)14-6-4-13-5-7-14/h11,13H,4-10H2,1-3H3. The predicted molar refractivity (Wildman–Crippen MR) is 68.0 cm³/mol. The lowest BCUT2D eigenvalue weighted by atomic mass is 10.3. The number of hydrogen-bond acceptors (Lipinski definition) is 4. The van der Waals surface area contributed by atoms with Crippen molar-refractivity contribution >= 4 is 5.91 Å². The molecule has 5 heteroatoms. The summed E-state index contributed by atoms with van der Waals surface area (Å²) >= 11 is 0. The van der Waals surface area contributed by atoms with Crippen LogP contribution >= 0.6 is 0 Å². The van der Waals surface area contributed by atoms with Gasteiger partial charge in [-0.2, -0.15) is 0 Å². The van der Waals surface area contributed by atoms with Crippen molar-refractivity contribution < 1.29 is 9.53 Å². The number of carbonyl (C=O) groups excluding carboxylic acids is 1. The molecule has 0 radical (unpaired) electrons. The molecule has 1 saturated heterocycles. The monoisotopic (exact) mass is 243 g/mol. The van der Waals surface area contributed by atoms with Crippen LogP contribution in [0.15, 0.2) is 0 Å². The third-order valence-corrected chi connectivity index (χ3v) is 3.12. The van der Waals surface area contributed by atoms with Gasteiger partial charge in [-0.1, -0.05) is 0 Å². The average molecular weight is 243 g/mol. The summed E-state index contributed by atoms with van der Waals surface area (Å²) in [6.07, 6.45) is 0. The van der Waals surface area contributed by atoms with Crippen molar-refractivity contribution in [3.63, 3.8) is 0 Å². The Balaban J connectivity index is 2.39. The summed E-state index contributed by atoms with van der Waals surface area (Å²) in [5.74, 6) is 0.233. The van der Waals surface area contributed by atoms with Gasteiger partial charge in [-0.15, -0.1) is 0 Å². The smallest absolute Gasteiger partial charge is 0.236 e. The number of rotatable bonds is 6. The van der Waals surface area contributed by atoms with E-state index in [-0.39, 0.29) is 5.91 Å². The summed E-state index contributed by atoms with van der Waals surface area (Å²) in [7, 11) is 1.69. The van der Waals surface area contributed by atoms with Gasteiger partial charge in [0.15, 0.2) is 0 Å². The highest BCUT2D eigenvalue weighted by Gasteiger charge is 2.20. The highest BCUT2D eigenvalue weighted by Crippen LogP contribution is 2.01. The summed E-state index contributed by atoms with van der Waals surface area (Å²) in [6.45, 7) is 9.68. The molecule has 1 rings (SSSR count). The molecule has 100 valence electrons. The van der Waals surface area contributed by atoms with Crippen LogP contribution < -0.4 is 5.32 Å². The fourth-order valence-electron chi connectivity index (χ4n) is 1.92. The summed E-state index contributed by atoms with van der Waals surface area (Å²) in [5.41, 5.74) is 0. The lowest BCUT2D eigenvalue weighted by molar-refractivity contribution is -0.133. The van der Waals surface area contributed by atoms with Crippen molar-refractivity contribution in [2.24, 2.45) is 0 Å². The summed E-state index contributed by atoms with van der Waals surface area (Å²) in [6, 6.07) is 0.372. The molecule has 0 saturated carbocycles. The van der Waals surface area contributed by atoms with E-state index in [1.165, 1.54) is 0 Å². The van der Waals surface area contributed by atoms with Crippen LogP contribution in [0.5, 0.6) is 0 Å². The Hall–Kier alpha value is -0.650. The van der Waals surface area contributed by atoms with E-state index < -0.39 is 0 Å². The van der Waals surface area contributed by atoms with Gasteiger partial charge in [-0.3, -0.25) is 9.69 Å². The highest BCUT2D eigenvalue weighted by atomic mass is 16.5. The number of methoxy groups -OCH3 is 1. The number of amides is 1. The van der Waals surface area contributed by atoms with Gasteiger partial charge in [0.25, 0.3) is 0 Å². The van der Waals surface area contributed by atoms with Crippen LogP contribution in [0.4, 0.5) is 0 Å². The fourth-order valence-corrected chi connectivity index (χ4v) is 1.92. The van der Waals surface area contributed by atoms with E-state index in [1.807, 2.05) is 4.90 Å². The van der Waals surface area contributed by atoms with Crippen LogP contribution in [-0.2, 0) is 9.53 Å². The fraction of sp³-hybridized carbons (Fsp3) is 0.917. The molecular formula is C12H25N3O2. The normalized spacial score (nSPS) is 16.9. The van der Waals surface area contributed by atoms with Crippen molar-refractivity contribution in [1.29, 1.82) is 0 Å². The highest BCUT2D eigenvalue weighted by molar-refractivity contribution is 5.78. The van der Waals surface area contributed by atoms with Crippen molar-refractivity contribution in [1.82, 2.24) is 15.1 Å². The molecule has 1 aliphatic rings. The van der Waals surface area contributed by atoms with Gasteiger partial charge < -0.3 is 15.0 Å². The average Bonchev–Trinajstić information content (AvgIpc) is 2.35. The molecular weight excluding hydrogens is 218 g/mol. The lowest BCUT2D eigenvalue weighted by Crippen LogP contribution is -2.50. The lowest BCUT2D eigenvalue weighted by Gasteiger charge is -2.31. The Morgan fingerprint density at radius 1 is 1.41 bits per heavy atom. The first-order valence-electron chi connectivity index (χ1n) is 6.36. The molecule has 0 unspecified atom stereocenters. The van der Waals surface area contributed by atoms with Gasteiger partial charge in [0.2, 0.25) is 5.91 Å². The molecule has 0 aliphatic carbocycles. The zero-order chi connectivity index (χ0) is 12.7. The first-order chi connectivity index (χ1) is 8.15. The van der Waals surface area contributed by atoms with Gasteiger partial charge in [-0.25, -0.2) is 0 Å². The van der Waals surface area contributed by atoms with Gasteiger partial charge in [0, 0.05) is 45.9 Å². The van der Waals surface area contributed by atoms with Crippen LogP contribution in [0, 0.1) is 0 Å². The molecule has 1 fully saturated rings. The van der Waals surface area contributed by atoms with E-state index in [2.05, 4.69) is 24.1 Å². The van der Waals surface area contributed by atoms with Crippen molar-refractivity contribution in [2.45, 2.75) is 19.9 Å². The predicted octanol–water partition coefficient (Wildman–Crippen LogP) is -0.225. The maximum absolute atomic E-state index is 12.1. The van der Waals surface area contributed by atoms with Crippen LogP contribution in [0.2, 0.25) is 0 Å². The Bertz CT molecular complexity index is 228. The summed E-state index contributed by atoms with van der Waals surface area (Å²) in [4.78, 5) is 16.2. The maximum Gasteiger partial charge on any atom is 0.236 e. The van der Waals surface area contributed by atoms with E-state index in [0.717, 1.165) is 32.7 Å². The molecule has 1 N–H and O–H groups in total. The van der Waals surface area contributed by atoms with E-state index in [0.29, 0.717) is 19.2 Å². The van der Waals surface area contributed by atoms with Gasteiger partial charge in [0.1, 0.15) is 0 Å². The molecule has 1 heterocycles. The second-order valence-corrected chi connectivity index (χ2v) is 4.69. The topological polar surface area (TPSA) is 44.8 Å². The molecule has 17 heavy (non-hydrogen) atoms. The molecule has 0 atom stereocenters. The molecule has 0 aromatic rings. The van der Waals surface area contributed by atoms with E-state index in [4.69, 9.17) is 4.74 Å². The second-order valence-electron chi connectivity index (χ2n) is 4.69. The number of nitrogens with one attached hydrogen (secondary N) is 1. The Kier molecular flexibility index (Phi) is 6.47. The van der Waals surface area contributed by atoms with Crippen molar-refractivity contribution in [2.75, 3.05) is 53.0 Å². The van der Waals surface area contributed by atoms with E-state index in [9.17, 15) is 4.79 Å². The minimum atomic E-state index is 0.233. The second kappa shape index (κ2) is 7.63. The van der Waals surface area contributed by atoms with Crippen LogP contribution in [-0.4, -0.2) is 74.7 Å². The number of hydrogen-bond donors (Lipinski definition) is 1. The zero-order valence-electron chi connectivity index (χ0n) is 11.2. The van der Waals surface area contributed by atoms with Crippen LogP contribution in [0.25, 0.3) is 0 Å². The van der Waals surface area contributed by atoms with E-state index in [1.54, 1.807) is 7.11 Å². The number of nitrogens with zero attached hydrogens (tertiary/aromatic N) is 2. The van der Waals surface area contributed by atoms with Crippen molar-refractivity contribution in [3.8, 4) is 0 Å². The van der Waals surface area contributed by atoms with Gasteiger partial charge >= 0.3 is 0 Å². The molecule has 1 amide bonds. The maximum atomic E-state index is 12.1. The zero-order valence-corrected chi connectivity index (χ0v) is 11.2. The molecule has 0 spiro atoms. The Morgan fingerprint density at radius 3 is 2.59 bits per heavy atom. The first-order valence-corrected chi connectivity index (χ1v) is 6.36. The van der Waals surface area contributed by atoms with Gasteiger partial charge in [0.05, 0.1) is 13.2 Å². The quantitative estimate of drug-likeness (QED) is 0.700. The Morgan fingerprint density at radius 2 is 2.06 bits per heavy atom. The largest absolute Gasteiger partial charge is 0.383 e. The van der Waals surface area contributed by atoms with Crippen molar-refractivity contribution in [3.05, 3.63) is 0 Å². The molecule has 0 aromatic heterocycles. The Labute approximate surface area is 104 Å². The molecule has 5 nitrogen and oxygen atoms in total. The molecule has 0 aromatic carbocycles. The molecule has 1 aliphatic heterocycles. The number of piperazine rings is 1. The van der Waals surface area contributed by atoms with Crippen LogP contribution in [0.1, 0.15) is 13.8 Å². The van der Waals surface area contributed by atoms with Crippen LogP contribution in [0.3, 0.4) is 0 Å². The summed E-state index contributed by atoms with van der Waals surface area (Å²) < 4.78 is 5.07. The first kappa shape index (κ1) is 14.4. The summed E-state index contributed by atoms with van der Waals surface area (Å²) in [5, 5.41) is 3.25. The number of carbonyl (C=O) groups is 1. The van der Waals surface area contributed by atoms with Gasteiger partial charge in [-0.05, 0) is 13.8 Å². The minimum absolute atomic E-state index is 0.233. The van der Waals surface area contributed by atoms with E-state index >= 15 is 0 Å². The minimum Gasteiger partial charge on any atom is -0.383 e. The SMILES string of the molecule is COCCN(CC(=O)N1CCNCC1)C(C)C.